The number of hydrazine groups is 2. The highest BCUT2D eigenvalue weighted by Gasteiger charge is 2.16. The maximum atomic E-state index is 12.7. The Morgan fingerprint density at radius 1 is 0.780 bits per heavy atom. The second-order valence-corrected chi connectivity index (χ2v) is 8.49. The van der Waals surface area contributed by atoms with Gasteiger partial charge in [0.2, 0.25) is 0 Å². The summed E-state index contributed by atoms with van der Waals surface area (Å²) in [5.41, 5.74) is 12.3. The summed E-state index contributed by atoms with van der Waals surface area (Å²) in [6.07, 6.45) is 2.39. The molecule has 0 saturated carbocycles. The molecule has 0 aliphatic rings. The highest BCUT2D eigenvalue weighted by Crippen LogP contribution is 2.29. The minimum Gasteiger partial charge on any atom is -0.506 e. The number of benzene rings is 2. The molecular weight excluding hydrogens is 536 g/mol. The number of nitrogens with one attached hydrogen (secondary N) is 1. The van der Waals surface area contributed by atoms with Gasteiger partial charge >= 0.3 is 11.9 Å². The van der Waals surface area contributed by atoms with Crippen molar-refractivity contribution in [3.8, 4) is 11.5 Å². The number of nitrogens with zero attached hydrogens (tertiary/aromatic N) is 3. The number of carbonyl (C=O) groups is 3. The smallest absolute Gasteiger partial charge is 0.335 e. The van der Waals surface area contributed by atoms with Crippen LogP contribution in [0.4, 0.5) is 11.4 Å². The molecule has 0 fully saturated rings. The van der Waals surface area contributed by atoms with Crippen LogP contribution in [0.25, 0.3) is 11.4 Å². The molecule has 1 aromatic heterocycles. The first-order valence-corrected chi connectivity index (χ1v) is 11.8. The number of phenolic OH excluding ortho intramolecular Hbond substituents is 2. The van der Waals surface area contributed by atoms with Crippen LogP contribution in [0.5, 0.6) is 11.5 Å². The highest BCUT2D eigenvalue weighted by atomic mass is 16.4. The second-order valence-electron chi connectivity index (χ2n) is 8.49. The molecule has 0 spiro atoms. The molecule has 0 atom stereocenters. The third-order valence-electron chi connectivity index (χ3n) is 5.57. The van der Waals surface area contributed by atoms with Crippen molar-refractivity contribution in [1.29, 1.82) is 0 Å². The Balaban J connectivity index is 2.02. The molecule has 3 aromatic rings. The van der Waals surface area contributed by atoms with Crippen molar-refractivity contribution in [3.05, 3.63) is 89.0 Å². The molecule has 0 bridgehead atoms. The van der Waals surface area contributed by atoms with Gasteiger partial charge in [-0.2, -0.15) is 0 Å². The summed E-state index contributed by atoms with van der Waals surface area (Å²) in [5, 5.41) is 43.1. The van der Waals surface area contributed by atoms with E-state index >= 15 is 0 Å². The lowest BCUT2D eigenvalue weighted by Crippen LogP contribution is -2.27. The van der Waals surface area contributed by atoms with Crippen molar-refractivity contribution in [2.24, 2.45) is 23.2 Å². The predicted molar refractivity (Wildman–Crippen MR) is 150 cm³/mol. The number of aromatic carboxylic acids is 2. The lowest BCUT2D eigenvalue weighted by atomic mass is 10.1. The van der Waals surface area contributed by atoms with Crippen LogP contribution in [0.1, 0.15) is 49.4 Å². The zero-order valence-electron chi connectivity index (χ0n) is 21.6. The fraction of sp³-hybridized carbons (Fsp3) is 0.0769. The molecule has 15 nitrogen and oxygen atoms in total. The number of carbonyl (C=O) groups excluding carboxylic acids is 1. The van der Waals surface area contributed by atoms with Crippen LogP contribution in [0.2, 0.25) is 0 Å². The van der Waals surface area contributed by atoms with E-state index < -0.39 is 29.3 Å². The third-order valence-corrected chi connectivity index (χ3v) is 5.57. The average Bonchev–Trinajstić information content (AvgIpc) is 2.92. The van der Waals surface area contributed by atoms with Gasteiger partial charge in [0.15, 0.2) is 0 Å². The molecular formula is C26H28N8O7. The number of aromatic hydroxyl groups is 2. The molecule has 13 N–H and O–H groups in total. The van der Waals surface area contributed by atoms with Gasteiger partial charge in [0, 0.05) is 24.5 Å². The van der Waals surface area contributed by atoms with Crippen LogP contribution in [0, 0.1) is 0 Å². The zero-order chi connectivity index (χ0) is 30.4. The van der Waals surface area contributed by atoms with E-state index in [0.29, 0.717) is 6.54 Å². The van der Waals surface area contributed by atoms with Gasteiger partial charge in [-0.1, -0.05) is 0 Å². The van der Waals surface area contributed by atoms with Crippen LogP contribution < -0.4 is 38.5 Å². The standard InChI is InChI=1S/C26H28N8O7/c1-2-31-24(37)15-7-18(16(27)11-33(29)20-5-3-13(25(38)39)9-22(20)35)32-19(8-15)17(28)12-34(30)21-6-4-14(26(40)41)10-23(21)36/h3-12,35-36H,2,27-30H2,1H3,(H,31,37)(H,38,39)(H,40,41)/b16-11-,17-12-. The number of hydrogen-bond donors (Lipinski definition) is 9. The van der Waals surface area contributed by atoms with E-state index in [9.17, 15) is 24.6 Å². The number of anilines is 2. The number of carboxylic acids is 2. The van der Waals surface area contributed by atoms with Crippen molar-refractivity contribution in [1.82, 2.24) is 10.3 Å². The van der Waals surface area contributed by atoms with Gasteiger partial charge in [-0.25, -0.2) is 26.3 Å². The Bertz CT molecular complexity index is 1470. The zero-order valence-corrected chi connectivity index (χ0v) is 21.6. The number of carboxylic acid groups (broad SMARTS) is 2. The fourth-order valence-corrected chi connectivity index (χ4v) is 3.54. The molecule has 0 aliphatic heterocycles. The number of aromatic nitrogens is 1. The number of amides is 1. The van der Waals surface area contributed by atoms with Gasteiger partial charge in [0.05, 0.1) is 45.3 Å². The second kappa shape index (κ2) is 12.4. The summed E-state index contributed by atoms with van der Waals surface area (Å²) in [6.45, 7) is 2.05. The van der Waals surface area contributed by atoms with E-state index in [0.717, 1.165) is 22.2 Å². The molecule has 1 amide bonds. The van der Waals surface area contributed by atoms with Gasteiger partial charge in [-0.15, -0.1) is 0 Å². The van der Waals surface area contributed by atoms with Crippen molar-refractivity contribution >= 4 is 40.6 Å². The molecule has 2 aromatic carbocycles. The van der Waals surface area contributed by atoms with Crippen LogP contribution >= 0.6 is 0 Å². The molecule has 1 heterocycles. The number of phenols is 2. The largest absolute Gasteiger partial charge is 0.506 e. The molecule has 3 rings (SSSR count). The summed E-state index contributed by atoms with van der Waals surface area (Å²) >= 11 is 0. The Labute approximate surface area is 233 Å². The van der Waals surface area contributed by atoms with E-state index in [4.69, 9.17) is 33.4 Å². The topological polar surface area (TPSA) is 268 Å². The molecule has 15 heteroatoms. The van der Waals surface area contributed by atoms with Crippen LogP contribution in [-0.2, 0) is 0 Å². The SMILES string of the molecule is CCNC(=O)c1cc(/C(N)=C/N(N)c2ccc(C(=O)O)cc2O)nc(/C(N)=C/N(N)c2ccc(C(=O)O)cc2O)c1. The maximum Gasteiger partial charge on any atom is 0.335 e. The van der Waals surface area contributed by atoms with Gasteiger partial charge in [-0.05, 0) is 55.5 Å². The Kier molecular flexibility index (Phi) is 8.98. The van der Waals surface area contributed by atoms with Gasteiger partial charge < -0.3 is 37.2 Å². The minimum atomic E-state index is -1.24. The van der Waals surface area contributed by atoms with E-state index in [1.54, 1.807) is 6.92 Å². The Hall–Kier alpha value is -5.80. The first kappa shape index (κ1) is 29.8. The van der Waals surface area contributed by atoms with Crippen molar-refractivity contribution in [3.63, 3.8) is 0 Å². The number of rotatable bonds is 10. The third kappa shape index (κ3) is 6.99. The summed E-state index contributed by atoms with van der Waals surface area (Å²) in [4.78, 5) is 39.3. The molecule has 214 valence electrons. The number of hydrogen-bond acceptors (Lipinski definition) is 12. The van der Waals surface area contributed by atoms with Crippen molar-refractivity contribution in [2.45, 2.75) is 6.92 Å². The lowest BCUT2D eigenvalue weighted by Gasteiger charge is -2.18. The molecule has 0 unspecified atom stereocenters. The first-order chi connectivity index (χ1) is 19.3. The normalized spacial score (nSPS) is 11.6. The van der Waals surface area contributed by atoms with Crippen LogP contribution in [-0.4, -0.2) is 49.8 Å². The lowest BCUT2D eigenvalue weighted by molar-refractivity contribution is 0.0686. The van der Waals surface area contributed by atoms with Gasteiger partial charge in [0.25, 0.3) is 5.91 Å². The van der Waals surface area contributed by atoms with Crippen molar-refractivity contribution in [2.75, 3.05) is 16.6 Å². The molecule has 0 radical (unpaired) electrons. The highest BCUT2D eigenvalue weighted by molar-refractivity contribution is 5.95. The fourth-order valence-electron chi connectivity index (χ4n) is 3.54. The first-order valence-electron chi connectivity index (χ1n) is 11.8. The summed E-state index contributed by atoms with van der Waals surface area (Å²) in [5.74, 6) is 8.26. The van der Waals surface area contributed by atoms with E-state index in [1.807, 2.05) is 0 Å². The summed E-state index contributed by atoms with van der Waals surface area (Å²) in [7, 11) is 0. The van der Waals surface area contributed by atoms with Crippen LogP contribution in [0.15, 0.2) is 60.9 Å². The predicted octanol–water partition coefficient (Wildman–Crippen LogP) is 0.914. The van der Waals surface area contributed by atoms with E-state index in [2.05, 4.69) is 10.3 Å². The summed E-state index contributed by atoms with van der Waals surface area (Å²) in [6, 6.07) is 9.84. The van der Waals surface area contributed by atoms with E-state index in [1.165, 1.54) is 48.8 Å². The summed E-state index contributed by atoms with van der Waals surface area (Å²) < 4.78 is 0. The Morgan fingerprint density at radius 2 is 1.20 bits per heavy atom. The quantitative estimate of drug-likeness (QED) is 0.122. The molecule has 0 saturated heterocycles. The minimum absolute atomic E-state index is 0.0324. The average molecular weight is 565 g/mol. The Morgan fingerprint density at radius 3 is 1.54 bits per heavy atom. The molecule has 0 aliphatic carbocycles. The van der Waals surface area contributed by atoms with E-state index in [-0.39, 0.29) is 50.8 Å². The monoisotopic (exact) mass is 564 g/mol. The van der Waals surface area contributed by atoms with Crippen molar-refractivity contribution < 1.29 is 34.8 Å². The number of pyridine rings is 1. The van der Waals surface area contributed by atoms with Gasteiger partial charge in [0.1, 0.15) is 11.5 Å². The maximum absolute atomic E-state index is 12.7. The van der Waals surface area contributed by atoms with Crippen LogP contribution in [0.3, 0.4) is 0 Å². The molecule has 41 heavy (non-hydrogen) atoms. The van der Waals surface area contributed by atoms with Gasteiger partial charge in [-0.3, -0.25) is 14.8 Å². The number of nitrogens with two attached hydrogens (primary N) is 4.